The number of halogens is 1. The molecule has 0 unspecified atom stereocenters. The number of anilines is 1. The molecule has 2 rings (SSSR count). The second-order valence-corrected chi connectivity index (χ2v) is 3.45. The normalized spacial score (nSPS) is 16.1. The van der Waals surface area contributed by atoms with Crippen LogP contribution in [0.4, 0.5) is 10.5 Å². The summed E-state index contributed by atoms with van der Waals surface area (Å²) in [6.07, 6.45) is 3.00. The Bertz CT molecular complexity index is 343. The van der Waals surface area contributed by atoms with Gasteiger partial charge < -0.3 is 4.74 Å². The van der Waals surface area contributed by atoms with Gasteiger partial charge >= 0.3 is 6.09 Å². The summed E-state index contributed by atoms with van der Waals surface area (Å²) in [5.74, 6) is 0. The zero-order chi connectivity index (χ0) is 9.26. The van der Waals surface area contributed by atoms with Gasteiger partial charge in [-0.3, -0.25) is 9.88 Å². The first-order valence-electron chi connectivity index (χ1n) is 3.83. The molecule has 0 aliphatic carbocycles. The minimum absolute atomic E-state index is 0.299. The molecule has 0 N–H and O–H groups in total. The predicted octanol–water partition coefficient (Wildman–Crippen LogP) is 1.80. The van der Waals surface area contributed by atoms with Gasteiger partial charge in [0.05, 0.1) is 16.7 Å². The second-order valence-electron chi connectivity index (χ2n) is 2.59. The van der Waals surface area contributed by atoms with Crippen molar-refractivity contribution in [3.05, 3.63) is 22.9 Å². The number of carbonyl (C=O) groups is 1. The Balaban J connectivity index is 2.34. The number of hydrogen-bond donors (Lipinski definition) is 0. The predicted molar refractivity (Wildman–Crippen MR) is 50.6 cm³/mol. The van der Waals surface area contributed by atoms with Crippen LogP contribution in [0.2, 0.25) is 0 Å². The highest BCUT2D eigenvalue weighted by molar-refractivity contribution is 9.10. The van der Waals surface area contributed by atoms with Gasteiger partial charge in [-0.25, -0.2) is 4.79 Å². The van der Waals surface area contributed by atoms with Crippen molar-refractivity contribution in [3.63, 3.8) is 0 Å². The van der Waals surface area contributed by atoms with Crippen molar-refractivity contribution in [2.24, 2.45) is 0 Å². The zero-order valence-electron chi connectivity index (χ0n) is 6.74. The number of nitrogens with zero attached hydrogens (tertiary/aromatic N) is 2. The molecular weight excluding hydrogens is 236 g/mol. The largest absolute Gasteiger partial charge is 0.447 e. The first kappa shape index (κ1) is 8.50. The quantitative estimate of drug-likeness (QED) is 0.755. The molecule has 0 bridgehead atoms. The van der Waals surface area contributed by atoms with Gasteiger partial charge in [-0.1, -0.05) is 0 Å². The minimum atomic E-state index is -0.299. The van der Waals surface area contributed by atoms with Gasteiger partial charge in [0.25, 0.3) is 0 Å². The van der Waals surface area contributed by atoms with Crippen LogP contribution >= 0.6 is 15.9 Å². The highest BCUT2D eigenvalue weighted by Gasteiger charge is 2.24. The van der Waals surface area contributed by atoms with Gasteiger partial charge in [0, 0.05) is 12.4 Å². The molecule has 0 spiro atoms. The Labute approximate surface area is 83.6 Å². The van der Waals surface area contributed by atoms with Gasteiger partial charge in [-0.05, 0) is 22.0 Å². The summed E-state index contributed by atoms with van der Waals surface area (Å²) in [7, 11) is 0. The van der Waals surface area contributed by atoms with Crippen molar-refractivity contribution < 1.29 is 9.53 Å². The van der Waals surface area contributed by atoms with Crippen LogP contribution in [0.25, 0.3) is 0 Å². The maximum atomic E-state index is 11.2. The van der Waals surface area contributed by atoms with Gasteiger partial charge in [-0.15, -0.1) is 0 Å². The van der Waals surface area contributed by atoms with Crippen molar-refractivity contribution in [3.8, 4) is 0 Å². The number of ether oxygens (including phenoxy) is 1. The number of hydrogen-bond acceptors (Lipinski definition) is 3. The second kappa shape index (κ2) is 3.33. The van der Waals surface area contributed by atoms with Gasteiger partial charge in [-0.2, -0.15) is 0 Å². The molecular formula is C8H7BrN2O2. The molecule has 0 saturated carbocycles. The minimum Gasteiger partial charge on any atom is -0.447 e. The molecule has 0 atom stereocenters. The van der Waals surface area contributed by atoms with E-state index in [9.17, 15) is 4.79 Å². The van der Waals surface area contributed by atoms with Crippen LogP contribution in [0.5, 0.6) is 0 Å². The van der Waals surface area contributed by atoms with E-state index in [2.05, 4.69) is 20.9 Å². The Morgan fingerprint density at radius 1 is 1.62 bits per heavy atom. The van der Waals surface area contributed by atoms with Crippen LogP contribution in [-0.2, 0) is 4.74 Å². The van der Waals surface area contributed by atoms with Crippen LogP contribution in [0.1, 0.15) is 0 Å². The van der Waals surface area contributed by atoms with E-state index in [0.29, 0.717) is 13.2 Å². The highest BCUT2D eigenvalue weighted by Crippen LogP contribution is 2.26. The van der Waals surface area contributed by atoms with E-state index in [1.54, 1.807) is 23.4 Å². The Morgan fingerprint density at radius 2 is 2.46 bits per heavy atom. The van der Waals surface area contributed by atoms with E-state index < -0.39 is 0 Å². The molecule has 5 heteroatoms. The van der Waals surface area contributed by atoms with E-state index in [4.69, 9.17) is 4.74 Å². The molecule has 2 heterocycles. The number of rotatable bonds is 1. The molecule has 1 saturated heterocycles. The number of carbonyl (C=O) groups excluding carboxylic acids is 1. The van der Waals surface area contributed by atoms with Crippen molar-refractivity contribution in [2.45, 2.75) is 0 Å². The van der Waals surface area contributed by atoms with Crippen LogP contribution in [-0.4, -0.2) is 24.2 Å². The lowest BCUT2D eigenvalue weighted by Crippen LogP contribution is -2.23. The monoisotopic (exact) mass is 242 g/mol. The molecule has 1 aliphatic rings. The third-order valence-corrected chi connectivity index (χ3v) is 2.41. The summed E-state index contributed by atoms with van der Waals surface area (Å²) < 4.78 is 5.62. The third kappa shape index (κ3) is 1.51. The van der Waals surface area contributed by atoms with Crippen molar-refractivity contribution in [2.75, 3.05) is 18.1 Å². The molecule has 68 valence electrons. The van der Waals surface area contributed by atoms with E-state index in [1.165, 1.54) is 0 Å². The number of pyridine rings is 1. The lowest BCUT2D eigenvalue weighted by Gasteiger charge is -2.13. The summed E-state index contributed by atoms with van der Waals surface area (Å²) in [4.78, 5) is 16.7. The van der Waals surface area contributed by atoms with E-state index in [-0.39, 0.29) is 6.09 Å². The number of amides is 1. The molecule has 1 amide bonds. The van der Waals surface area contributed by atoms with Crippen molar-refractivity contribution in [1.82, 2.24) is 4.98 Å². The fraction of sp³-hybridized carbons (Fsp3) is 0.250. The molecule has 0 radical (unpaired) electrons. The first-order chi connectivity index (χ1) is 6.29. The van der Waals surface area contributed by atoms with E-state index >= 15 is 0 Å². The first-order valence-corrected chi connectivity index (χ1v) is 4.62. The fourth-order valence-corrected chi connectivity index (χ4v) is 1.66. The number of cyclic esters (lactones) is 1. The molecule has 1 fully saturated rings. The molecule has 1 aromatic heterocycles. The maximum absolute atomic E-state index is 11.2. The smallest absolute Gasteiger partial charge is 0.414 e. The SMILES string of the molecule is O=C1OCCN1c1ccncc1Br. The van der Waals surface area contributed by atoms with E-state index in [1.807, 2.05) is 0 Å². The van der Waals surface area contributed by atoms with Crippen LogP contribution in [0, 0.1) is 0 Å². The zero-order valence-corrected chi connectivity index (χ0v) is 8.32. The summed E-state index contributed by atoms with van der Waals surface area (Å²) in [6, 6.07) is 1.77. The standard InChI is InChI=1S/C8H7BrN2O2/c9-6-5-10-2-1-7(6)11-3-4-13-8(11)12/h1-2,5H,3-4H2. The lowest BCUT2D eigenvalue weighted by atomic mass is 10.4. The molecule has 13 heavy (non-hydrogen) atoms. The van der Waals surface area contributed by atoms with Gasteiger partial charge in [0.2, 0.25) is 0 Å². The number of aromatic nitrogens is 1. The van der Waals surface area contributed by atoms with Gasteiger partial charge in [0.15, 0.2) is 0 Å². The van der Waals surface area contributed by atoms with E-state index in [0.717, 1.165) is 10.2 Å². The summed E-state index contributed by atoms with van der Waals surface area (Å²) in [6.45, 7) is 1.05. The molecule has 1 aliphatic heterocycles. The van der Waals surface area contributed by atoms with Crippen molar-refractivity contribution >= 4 is 27.7 Å². The summed E-state index contributed by atoms with van der Waals surface area (Å²) in [5.41, 5.74) is 0.803. The Kier molecular flexibility index (Phi) is 2.18. The van der Waals surface area contributed by atoms with Crippen LogP contribution < -0.4 is 4.90 Å². The van der Waals surface area contributed by atoms with Crippen LogP contribution in [0.3, 0.4) is 0 Å². The average molecular weight is 243 g/mol. The topological polar surface area (TPSA) is 42.4 Å². The Hall–Kier alpha value is -1.10. The van der Waals surface area contributed by atoms with Crippen LogP contribution in [0.15, 0.2) is 22.9 Å². The highest BCUT2D eigenvalue weighted by atomic mass is 79.9. The van der Waals surface area contributed by atoms with Gasteiger partial charge in [0.1, 0.15) is 6.61 Å². The molecule has 4 nitrogen and oxygen atoms in total. The summed E-state index contributed by atoms with van der Waals surface area (Å²) in [5, 5.41) is 0. The van der Waals surface area contributed by atoms with Crippen molar-refractivity contribution in [1.29, 1.82) is 0 Å². The summed E-state index contributed by atoms with van der Waals surface area (Å²) >= 11 is 3.32. The average Bonchev–Trinajstić information content (AvgIpc) is 2.52. The lowest BCUT2D eigenvalue weighted by molar-refractivity contribution is 0.181. The molecule has 1 aromatic rings. The fourth-order valence-electron chi connectivity index (χ4n) is 1.20. The molecule has 0 aromatic carbocycles. The maximum Gasteiger partial charge on any atom is 0.414 e. The third-order valence-electron chi connectivity index (χ3n) is 1.80. The Morgan fingerprint density at radius 3 is 3.08 bits per heavy atom.